The van der Waals surface area contributed by atoms with Gasteiger partial charge in [0.05, 0.1) is 12.5 Å². The van der Waals surface area contributed by atoms with Gasteiger partial charge in [0.2, 0.25) is 11.8 Å². The first-order chi connectivity index (χ1) is 13.3. The van der Waals surface area contributed by atoms with E-state index in [2.05, 4.69) is 0 Å². The maximum absolute atomic E-state index is 13.0. The highest BCUT2D eigenvalue weighted by molar-refractivity contribution is 6.01. The van der Waals surface area contributed by atoms with Gasteiger partial charge in [0.25, 0.3) is 0 Å². The molecule has 2 amide bonds. The van der Waals surface area contributed by atoms with Gasteiger partial charge in [0.15, 0.2) is 0 Å². The number of hydrogen-bond donors (Lipinski definition) is 1. The van der Waals surface area contributed by atoms with Crippen LogP contribution < -0.4 is 4.90 Å². The van der Waals surface area contributed by atoms with Crippen LogP contribution >= 0.6 is 0 Å². The Balaban J connectivity index is 1.60. The summed E-state index contributed by atoms with van der Waals surface area (Å²) in [6, 6.07) is 6.08. The minimum atomic E-state index is -0.836. The van der Waals surface area contributed by atoms with Crippen molar-refractivity contribution in [2.45, 2.75) is 39.2 Å². The van der Waals surface area contributed by atoms with Crippen molar-refractivity contribution >= 4 is 23.5 Å². The fraction of sp³-hybridized carbons (Fsp3) is 0.571. The zero-order chi connectivity index (χ0) is 20.4. The Morgan fingerprint density at radius 1 is 1.21 bits per heavy atom. The standard InChI is InChI=1S/C21H29N3O4/c1-14-5-4-6-18(15(14)2)24-12-16(11-19(24)25)21(28)23-9-7-17(8-10-23)22(3)13-20(26)27/h4-6,16-17H,7-13H2,1-3H3,(H,26,27). The lowest BCUT2D eigenvalue weighted by Gasteiger charge is -2.37. The number of carboxylic acid groups (broad SMARTS) is 1. The van der Waals surface area contributed by atoms with Crippen molar-refractivity contribution in [2.24, 2.45) is 5.92 Å². The number of carboxylic acids is 1. The highest BCUT2D eigenvalue weighted by atomic mass is 16.4. The van der Waals surface area contributed by atoms with Crippen LogP contribution in [0.1, 0.15) is 30.4 Å². The number of anilines is 1. The number of aryl methyl sites for hydroxylation is 1. The Labute approximate surface area is 165 Å². The molecule has 2 saturated heterocycles. The summed E-state index contributed by atoms with van der Waals surface area (Å²) >= 11 is 0. The molecule has 0 aromatic heterocycles. The topological polar surface area (TPSA) is 81.2 Å². The number of piperidine rings is 1. The summed E-state index contributed by atoms with van der Waals surface area (Å²) in [5, 5.41) is 8.94. The second-order valence-corrected chi connectivity index (χ2v) is 7.99. The molecule has 2 fully saturated rings. The van der Waals surface area contributed by atoms with Crippen LogP contribution in [0.4, 0.5) is 5.69 Å². The molecule has 1 aromatic carbocycles. The van der Waals surface area contributed by atoms with Crippen LogP contribution in [0.5, 0.6) is 0 Å². The number of likely N-dealkylation sites (N-methyl/N-ethyl adjacent to an activating group) is 1. The van der Waals surface area contributed by atoms with E-state index in [4.69, 9.17) is 5.11 Å². The third kappa shape index (κ3) is 4.19. The van der Waals surface area contributed by atoms with Gasteiger partial charge in [-0.2, -0.15) is 0 Å². The number of carbonyl (C=O) groups is 3. The highest BCUT2D eigenvalue weighted by Gasteiger charge is 2.38. The molecule has 0 radical (unpaired) electrons. The quantitative estimate of drug-likeness (QED) is 0.831. The summed E-state index contributed by atoms with van der Waals surface area (Å²) in [5.41, 5.74) is 3.10. The van der Waals surface area contributed by atoms with Crippen LogP contribution in [0, 0.1) is 19.8 Å². The fourth-order valence-electron chi connectivity index (χ4n) is 4.26. The maximum atomic E-state index is 13.0. The number of benzene rings is 1. The number of carbonyl (C=O) groups excluding carboxylic acids is 2. The number of aliphatic carboxylic acids is 1. The first-order valence-corrected chi connectivity index (χ1v) is 9.85. The van der Waals surface area contributed by atoms with Gasteiger partial charge in [-0.05, 0) is 50.9 Å². The van der Waals surface area contributed by atoms with Crippen molar-refractivity contribution in [1.82, 2.24) is 9.80 Å². The molecular weight excluding hydrogens is 358 g/mol. The Morgan fingerprint density at radius 2 is 1.89 bits per heavy atom. The van der Waals surface area contributed by atoms with Crippen LogP contribution in [0.25, 0.3) is 0 Å². The van der Waals surface area contributed by atoms with Crippen LogP contribution in [-0.2, 0) is 14.4 Å². The van der Waals surface area contributed by atoms with Gasteiger partial charge in [-0.25, -0.2) is 0 Å². The van der Waals surface area contributed by atoms with Gasteiger partial charge >= 0.3 is 5.97 Å². The Bertz CT molecular complexity index is 771. The average molecular weight is 387 g/mol. The van der Waals surface area contributed by atoms with E-state index >= 15 is 0 Å². The molecule has 7 nitrogen and oxygen atoms in total. The van der Waals surface area contributed by atoms with E-state index in [1.54, 1.807) is 4.90 Å². The number of amides is 2. The van der Waals surface area contributed by atoms with Crippen LogP contribution in [0.2, 0.25) is 0 Å². The Kier molecular flexibility index (Phi) is 6.03. The molecule has 2 aliphatic rings. The van der Waals surface area contributed by atoms with E-state index in [0.717, 1.165) is 29.7 Å². The van der Waals surface area contributed by atoms with Gasteiger partial charge in [0, 0.05) is 37.8 Å². The summed E-state index contributed by atoms with van der Waals surface area (Å²) < 4.78 is 0. The third-order valence-corrected chi connectivity index (χ3v) is 6.13. The molecule has 2 aliphatic heterocycles. The normalized spacial score (nSPS) is 20.9. The summed E-state index contributed by atoms with van der Waals surface area (Å²) in [5.74, 6) is -1.10. The van der Waals surface area contributed by atoms with Gasteiger partial charge < -0.3 is 14.9 Å². The smallest absolute Gasteiger partial charge is 0.317 e. The van der Waals surface area contributed by atoms with Gasteiger partial charge in [0.1, 0.15) is 0 Å². The van der Waals surface area contributed by atoms with Gasteiger partial charge in [-0.3, -0.25) is 19.3 Å². The van der Waals surface area contributed by atoms with Crippen LogP contribution in [0.3, 0.4) is 0 Å². The summed E-state index contributed by atoms with van der Waals surface area (Å²) in [4.78, 5) is 41.9. The molecule has 28 heavy (non-hydrogen) atoms. The van der Waals surface area contributed by atoms with Crippen molar-refractivity contribution in [3.05, 3.63) is 29.3 Å². The molecule has 0 bridgehead atoms. The van der Waals surface area contributed by atoms with Crippen LogP contribution in [-0.4, -0.2) is 72.0 Å². The molecule has 1 aromatic rings. The van der Waals surface area contributed by atoms with Gasteiger partial charge in [-0.15, -0.1) is 0 Å². The molecule has 1 unspecified atom stereocenters. The number of nitrogens with zero attached hydrogens (tertiary/aromatic N) is 3. The van der Waals surface area contributed by atoms with Crippen LogP contribution in [0.15, 0.2) is 18.2 Å². The van der Waals surface area contributed by atoms with Crippen molar-refractivity contribution in [3.8, 4) is 0 Å². The average Bonchev–Trinajstić information content (AvgIpc) is 3.04. The first kappa shape index (κ1) is 20.3. The van der Waals surface area contributed by atoms with Gasteiger partial charge in [-0.1, -0.05) is 12.1 Å². The lowest BCUT2D eigenvalue weighted by atomic mass is 10.0. The van der Waals surface area contributed by atoms with E-state index in [0.29, 0.717) is 19.6 Å². The number of hydrogen-bond acceptors (Lipinski definition) is 4. The van der Waals surface area contributed by atoms with Crippen molar-refractivity contribution in [3.63, 3.8) is 0 Å². The molecule has 0 saturated carbocycles. The second kappa shape index (κ2) is 8.31. The Hall–Kier alpha value is -2.41. The molecule has 1 atom stereocenters. The molecule has 152 valence electrons. The minimum absolute atomic E-state index is 0.00290. The molecule has 1 N–H and O–H groups in total. The molecule has 0 aliphatic carbocycles. The van der Waals surface area contributed by atoms with E-state index in [-0.39, 0.29) is 36.7 Å². The number of rotatable bonds is 5. The minimum Gasteiger partial charge on any atom is -0.480 e. The molecule has 2 heterocycles. The van der Waals surface area contributed by atoms with Crippen molar-refractivity contribution in [1.29, 1.82) is 0 Å². The largest absolute Gasteiger partial charge is 0.480 e. The monoisotopic (exact) mass is 387 g/mol. The zero-order valence-electron chi connectivity index (χ0n) is 16.9. The van der Waals surface area contributed by atoms with E-state index in [1.165, 1.54) is 0 Å². The first-order valence-electron chi connectivity index (χ1n) is 9.85. The predicted octanol–water partition coefficient (Wildman–Crippen LogP) is 1.66. The predicted molar refractivity (Wildman–Crippen MR) is 106 cm³/mol. The molecule has 7 heteroatoms. The lowest BCUT2D eigenvalue weighted by Crippen LogP contribution is -2.48. The van der Waals surface area contributed by atoms with Crippen molar-refractivity contribution in [2.75, 3.05) is 38.1 Å². The van der Waals surface area contributed by atoms with E-state index in [1.807, 2.05) is 48.9 Å². The number of likely N-dealkylation sites (tertiary alicyclic amines) is 1. The highest BCUT2D eigenvalue weighted by Crippen LogP contribution is 2.30. The SMILES string of the molecule is Cc1cccc(N2CC(C(=O)N3CCC(N(C)CC(=O)O)CC3)CC2=O)c1C. The van der Waals surface area contributed by atoms with Crippen molar-refractivity contribution < 1.29 is 19.5 Å². The molecule has 3 rings (SSSR count). The van der Waals surface area contributed by atoms with E-state index in [9.17, 15) is 14.4 Å². The molecule has 0 spiro atoms. The fourth-order valence-corrected chi connectivity index (χ4v) is 4.26. The lowest BCUT2D eigenvalue weighted by molar-refractivity contribution is -0.140. The Morgan fingerprint density at radius 3 is 2.54 bits per heavy atom. The van der Waals surface area contributed by atoms with E-state index < -0.39 is 5.97 Å². The summed E-state index contributed by atoms with van der Waals surface area (Å²) in [6.07, 6.45) is 1.78. The zero-order valence-corrected chi connectivity index (χ0v) is 16.9. The maximum Gasteiger partial charge on any atom is 0.317 e. The third-order valence-electron chi connectivity index (χ3n) is 6.13. The molecular formula is C21H29N3O4. The summed E-state index contributed by atoms with van der Waals surface area (Å²) in [7, 11) is 1.81. The second-order valence-electron chi connectivity index (χ2n) is 7.99. The summed E-state index contributed by atoms with van der Waals surface area (Å²) in [6.45, 7) is 5.70.